The molecule has 2 fully saturated rings. The van der Waals surface area contributed by atoms with E-state index in [1.54, 1.807) is 12.1 Å². The zero-order valence-corrected chi connectivity index (χ0v) is 13.7. The Morgan fingerprint density at radius 3 is 2.57 bits per heavy atom. The molecule has 0 radical (unpaired) electrons. The summed E-state index contributed by atoms with van der Waals surface area (Å²) in [4.78, 5) is 12.2. The van der Waals surface area contributed by atoms with Gasteiger partial charge in [0.1, 0.15) is 6.10 Å². The van der Waals surface area contributed by atoms with Crippen LogP contribution < -0.4 is 5.32 Å². The Balaban J connectivity index is 1.62. The lowest BCUT2D eigenvalue weighted by Gasteiger charge is -2.12. The van der Waals surface area contributed by atoms with Gasteiger partial charge in [0.15, 0.2) is 9.84 Å². The van der Waals surface area contributed by atoms with Gasteiger partial charge in [0.05, 0.1) is 17.3 Å². The first-order chi connectivity index (χ1) is 11.0. The zero-order chi connectivity index (χ0) is 16.3. The van der Waals surface area contributed by atoms with Gasteiger partial charge in [0.2, 0.25) is 0 Å². The van der Waals surface area contributed by atoms with Gasteiger partial charge >= 0.3 is 0 Å². The van der Waals surface area contributed by atoms with Crippen LogP contribution in [0.5, 0.6) is 0 Å². The standard InChI is InChI=1S/C16H21NO5S/c18-16(15-2-1-8-22-15)17-13-3-5-14(6-4-13)23(19,20)11-12-7-9-21-10-12/h3-6,12,15H,1-2,7-11H2,(H,17,18)/t12-,15+/m1/s1. The Morgan fingerprint density at radius 2 is 1.96 bits per heavy atom. The molecule has 1 amide bonds. The maximum Gasteiger partial charge on any atom is 0.253 e. The normalized spacial score (nSPS) is 24.7. The molecule has 23 heavy (non-hydrogen) atoms. The van der Waals surface area contributed by atoms with Gasteiger partial charge in [-0.1, -0.05) is 0 Å². The van der Waals surface area contributed by atoms with Crippen LogP contribution in [0.3, 0.4) is 0 Å². The zero-order valence-electron chi connectivity index (χ0n) is 12.9. The van der Waals surface area contributed by atoms with Crippen LogP contribution in [0.2, 0.25) is 0 Å². The van der Waals surface area contributed by atoms with E-state index in [2.05, 4.69) is 5.32 Å². The highest BCUT2D eigenvalue weighted by Crippen LogP contribution is 2.22. The molecule has 2 aliphatic rings. The van der Waals surface area contributed by atoms with Gasteiger partial charge in [-0.15, -0.1) is 0 Å². The van der Waals surface area contributed by atoms with Gasteiger partial charge in [0.25, 0.3) is 5.91 Å². The van der Waals surface area contributed by atoms with Crippen LogP contribution in [-0.2, 0) is 24.1 Å². The predicted molar refractivity (Wildman–Crippen MR) is 85.0 cm³/mol. The van der Waals surface area contributed by atoms with Crippen molar-refractivity contribution in [2.45, 2.75) is 30.3 Å². The Labute approximate surface area is 136 Å². The highest BCUT2D eigenvalue weighted by atomic mass is 32.2. The molecule has 0 spiro atoms. The minimum Gasteiger partial charge on any atom is -0.381 e. The van der Waals surface area contributed by atoms with Crippen molar-refractivity contribution in [1.82, 2.24) is 0 Å². The van der Waals surface area contributed by atoms with Crippen molar-refractivity contribution in [3.63, 3.8) is 0 Å². The average Bonchev–Trinajstić information content (AvgIpc) is 3.20. The number of carbonyl (C=O) groups is 1. The van der Waals surface area contributed by atoms with E-state index in [-0.39, 0.29) is 22.5 Å². The van der Waals surface area contributed by atoms with Gasteiger partial charge < -0.3 is 14.8 Å². The quantitative estimate of drug-likeness (QED) is 0.881. The largest absolute Gasteiger partial charge is 0.381 e. The Kier molecular flexibility index (Phi) is 4.99. The minimum atomic E-state index is -3.32. The lowest BCUT2D eigenvalue weighted by molar-refractivity contribution is -0.124. The SMILES string of the molecule is O=C(Nc1ccc(S(=O)(=O)C[C@@H]2CCOC2)cc1)[C@@H]1CCCO1. The van der Waals surface area contributed by atoms with E-state index < -0.39 is 15.9 Å². The number of carbonyl (C=O) groups excluding carboxylic acids is 1. The molecule has 7 heteroatoms. The summed E-state index contributed by atoms with van der Waals surface area (Å²) < 4.78 is 35.3. The summed E-state index contributed by atoms with van der Waals surface area (Å²) in [5, 5.41) is 2.76. The van der Waals surface area contributed by atoms with Crippen molar-refractivity contribution >= 4 is 21.4 Å². The second-order valence-corrected chi connectivity index (χ2v) is 8.06. The second kappa shape index (κ2) is 6.98. The van der Waals surface area contributed by atoms with Crippen LogP contribution >= 0.6 is 0 Å². The number of nitrogens with one attached hydrogen (secondary N) is 1. The van der Waals surface area contributed by atoms with Crippen LogP contribution in [0, 0.1) is 5.92 Å². The van der Waals surface area contributed by atoms with Gasteiger partial charge in [-0.3, -0.25) is 4.79 Å². The molecular weight excluding hydrogens is 318 g/mol. The monoisotopic (exact) mass is 339 g/mol. The molecule has 0 saturated carbocycles. The summed E-state index contributed by atoms with van der Waals surface area (Å²) in [6.07, 6.45) is 2.00. The van der Waals surface area contributed by atoms with Crippen molar-refractivity contribution in [2.24, 2.45) is 5.92 Å². The van der Waals surface area contributed by atoms with Crippen molar-refractivity contribution < 1.29 is 22.7 Å². The molecule has 6 nitrogen and oxygen atoms in total. The molecule has 2 heterocycles. The minimum absolute atomic E-state index is 0.0684. The third-order valence-corrected chi connectivity index (χ3v) is 6.08. The molecule has 0 aliphatic carbocycles. The molecule has 1 aromatic carbocycles. The maximum absolute atomic E-state index is 12.4. The van der Waals surface area contributed by atoms with Gasteiger partial charge in [-0.2, -0.15) is 0 Å². The predicted octanol–water partition coefficient (Wildman–Crippen LogP) is 1.61. The number of rotatable bonds is 5. The van der Waals surface area contributed by atoms with E-state index in [0.717, 1.165) is 19.3 Å². The molecule has 0 unspecified atom stereocenters. The molecule has 2 saturated heterocycles. The van der Waals surface area contributed by atoms with Crippen LogP contribution in [0.15, 0.2) is 29.2 Å². The molecule has 3 rings (SSSR count). The molecule has 0 aromatic heterocycles. The fourth-order valence-electron chi connectivity index (χ4n) is 2.87. The fourth-order valence-corrected chi connectivity index (χ4v) is 4.50. The van der Waals surface area contributed by atoms with Gasteiger partial charge in [-0.05, 0) is 49.4 Å². The fraction of sp³-hybridized carbons (Fsp3) is 0.562. The van der Waals surface area contributed by atoms with E-state index in [1.807, 2.05) is 0 Å². The first-order valence-electron chi connectivity index (χ1n) is 7.88. The molecular formula is C16H21NO5S. The second-order valence-electron chi connectivity index (χ2n) is 6.03. The lowest BCUT2D eigenvalue weighted by Crippen LogP contribution is -2.26. The molecule has 1 N–H and O–H groups in total. The molecule has 1 aromatic rings. The maximum atomic E-state index is 12.4. The first kappa shape index (κ1) is 16.4. The summed E-state index contributed by atoms with van der Waals surface area (Å²) in [6.45, 7) is 1.75. The van der Waals surface area contributed by atoms with E-state index in [4.69, 9.17) is 9.47 Å². The van der Waals surface area contributed by atoms with Gasteiger partial charge in [0, 0.05) is 18.9 Å². The number of hydrogen-bond donors (Lipinski definition) is 1. The van der Waals surface area contributed by atoms with Crippen molar-refractivity contribution in [2.75, 3.05) is 30.9 Å². The molecule has 0 bridgehead atoms. The lowest BCUT2D eigenvalue weighted by atomic mass is 10.2. The highest BCUT2D eigenvalue weighted by Gasteiger charge is 2.25. The Morgan fingerprint density at radius 1 is 1.17 bits per heavy atom. The van der Waals surface area contributed by atoms with Crippen LogP contribution in [0.4, 0.5) is 5.69 Å². The van der Waals surface area contributed by atoms with Crippen molar-refractivity contribution in [3.05, 3.63) is 24.3 Å². The average molecular weight is 339 g/mol. The van der Waals surface area contributed by atoms with Crippen molar-refractivity contribution in [3.8, 4) is 0 Å². The summed E-state index contributed by atoms with van der Waals surface area (Å²) in [5.41, 5.74) is 0.577. The smallest absolute Gasteiger partial charge is 0.253 e. The van der Waals surface area contributed by atoms with E-state index in [1.165, 1.54) is 12.1 Å². The van der Waals surface area contributed by atoms with Gasteiger partial charge in [-0.25, -0.2) is 8.42 Å². The van der Waals surface area contributed by atoms with Crippen LogP contribution in [0.1, 0.15) is 19.3 Å². The Hall–Kier alpha value is -1.44. The summed E-state index contributed by atoms with van der Waals surface area (Å²) in [6, 6.07) is 6.31. The third-order valence-electron chi connectivity index (χ3n) is 4.18. The topological polar surface area (TPSA) is 81.7 Å². The van der Waals surface area contributed by atoms with Crippen LogP contribution in [0.25, 0.3) is 0 Å². The third kappa shape index (κ3) is 4.10. The van der Waals surface area contributed by atoms with E-state index in [0.29, 0.717) is 25.5 Å². The van der Waals surface area contributed by atoms with Crippen LogP contribution in [-0.4, -0.2) is 46.0 Å². The number of sulfone groups is 1. The molecule has 2 atom stereocenters. The number of amides is 1. The summed E-state index contributed by atoms with van der Waals surface area (Å²) in [7, 11) is -3.32. The summed E-state index contributed by atoms with van der Waals surface area (Å²) >= 11 is 0. The van der Waals surface area contributed by atoms with E-state index in [9.17, 15) is 13.2 Å². The number of hydrogen-bond acceptors (Lipinski definition) is 5. The number of benzene rings is 1. The number of ether oxygens (including phenoxy) is 2. The Bertz CT molecular complexity index is 644. The van der Waals surface area contributed by atoms with E-state index >= 15 is 0 Å². The summed E-state index contributed by atoms with van der Waals surface area (Å²) in [5.74, 6) is -0.00524. The molecule has 2 aliphatic heterocycles. The molecule has 126 valence electrons. The van der Waals surface area contributed by atoms with Crippen molar-refractivity contribution in [1.29, 1.82) is 0 Å². The first-order valence-corrected chi connectivity index (χ1v) is 9.53. The highest BCUT2D eigenvalue weighted by molar-refractivity contribution is 7.91. The number of anilines is 1.